The Hall–Kier alpha value is -0.250. The van der Waals surface area contributed by atoms with Crippen molar-refractivity contribution in [1.29, 1.82) is 0 Å². The van der Waals surface area contributed by atoms with Gasteiger partial charge in [0.2, 0.25) is 0 Å². The first-order chi connectivity index (χ1) is 7.67. The van der Waals surface area contributed by atoms with Gasteiger partial charge in [-0.3, -0.25) is 0 Å². The van der Waals surface area contributed by atoms with Crippen LogP contribution in [0.15, 0.2) is 18.2 Å². The lowest BCUT2D eigenvalue weighted by Gasteiger charge is -2.18. The highest BCUT2D eigenvalue weighted by Crippen LogP contribution is 2.19. The van der Waals surface area contributed by atoms with Crippen molar-refractivity contribution in [2.24, 2.45) is 0 Å². The summed E-state index contributed by atoms with van der Waals surface area (Å²) in [6, 6.07) is 7.24. The van der Waals surface area contributed by atoms with Crippen molar-refractivity contribution in [2.75, 3.05) is 5.32 Å². The third-order valence-electron chi connectivity index (χ3n) is 2.94. The second-order valence-electron chi connectivity index (χ2n) is 4.36. The Morgan fingerprint density at radius 1 is 1.31 bits per heavy atom. The lowest BCUT2D eigenvalue weighted by atomic mass is 10.1. The van der Waals surface area contributed by atoms with Gasteiger partial charge in [0.05, 0.1) is 0 Å². The van der Waals surface area contributed by atoms with Crippen molar-refractivity contribution in [2.45, 2.75) is 52.5 Å². The first kappa shape index (κ1) is 13.8. The molecule has 1 unspecified atom stereocenters. The lowest BCUT2D eigenvalue weighted by molar-refractivity contribution is 0.593. The van der Waals surface area contributed by atoms with E-state index in [1.807, 2.05) is 0 Å². The minimum absolute atomic E-state index is 0.624. The molecule has 1 atom stereocenters. The van der Waals surface area contributed by atoms with E-state index in [1.165, 1.54) is 40.5 Å². The summed E-state index contributed by atoms with van der Waals surface area (Å²) in [4.78, 5) is 0. The number of anilines is 1. The van der Waals surface area contributed by atoms with Gasteiger partial charge in [-0.1, -0.05) is 32.8 Å². The third-order valence-corrected chi connectivity index (χ3v) is 4.10. The summed E-state index contributed by atoms with van der Waals surface area (Å²) in [6.07, 6.45) is 5.07. The van der Waals surface area contributed by atoms with E-state index in [9.17, 15) is 0 Å². The van der Waals surface area contributed by atoms with Crippen molar-refractivity contribution in [3.05, 3.63) is 27.3 Å². The Kier molecular flexibility index (Phi) is 6.17. The molecule has 0 aliphatic heterocycles. The van der Waals surface area contributed by atoms with Gasteiger partial charge in [0.25, 0.3) is 0 Å². The van der Waals surface area contributed by atoms with Crippen molar-refractivity contribution in [3.8, 4) is 0 Å². The monoisotopic (exact) mass is 331 g/mol. The first-order valence-corrected chi connectivity index (χ1v) is 7.28. The Morgan fingerprint density at radius 2 is 2.06 bits per heavy atom. The molecule has 0 spiro atoms. The van der Waals surface area contributed by atoms with Crippen molar-refractivity contribution >= 4 is 28.3 Å². The maximum absolute atomic E-state index is 3.63. The van der Waals surface area contributed by atoms with Gasteiger partial charge in [0.15, 0.2) is 0 Å². The molecule has 0 amide bonds. The number of unbranched alkanes of at least 4 members (excludes halogenated alkanes) is 1. The van der Waals surface area contributed by atoms with Crippen LogP contribution in [-0.4, -0.2) is 6.04 Å². The minimum atomic E-state index is 0.624. The van der Waals surface area contributed by atoms with Gasteiger partial charge < -0.3 is 5.32 Å². The van der Waals surface area contributed by atoms with E-state index in [0.29, 0.717) is 6.04 Å². The molecule has 0 fully saturated rings. The first-order valence-electron chi connectivity index (χ1n) is 6.20. The van der Waals surface area contributed by atoms with Crippen molar-refractivity contribution < 1.29 is 0 Å². The molecule has 0 saturated carbocycles. The van der Waals surface area contributed by atoms with E-state index in [0.717, 1.165) is 0 Å². The normalized spacial score (nSPS) is 12.5. The topological polar surface area (TPSA) is 12.0 Å². The van der Waals surface area contributed by atoms with Gasteiger partial charge in [-0.25, -0.2) is 0 Å². The molecule has 2 heteroatoms. The van der Waals surface area contributed by atoms with Gasteiger partial charge in [0.1, 0.15) is 0 Å². The number of hydrogen-bond acceptors (Lipinski definition) is 1. The summed E-state index contributed by atoms with van der Waals surface area (Å²) in [5, 5.41) is 3.63. The van der Waals surface area contributed by atoms with Gasteiger partial charge in [-0.2, -0.15) is 0 Å². The van der Waals surface area contributed by atoms with Crippen LogP contribution in [0.25, 0.3) is 0 Å². The standard InChI is InChI=1S/C14H22IN/c1-4-6-7-12(5-2)16-13-9-8-11(3)14(15)10-13/h8-10,12,16H,4-7H2,1-3H3. The number of nitrogens with one attached hydrogen (secondary N) is 1. The highest BCUT2D eigenvalue weighted by atomic mass is 127. The van der Waals surface area contributed by atoms with E-state index >= 15 is 0 Å². The van der Waals surface area contributed by atoms with Crippen LogP contribution < -0.4 is 5.32 Å². The molecule has 0 aromatic heterocycles. The number of benzene rings is 1. The minimum Gasteiger partial charge on any atom is -0.382 e. The summed E-state index contributed by atoms with van der Waals surface area (Å²) >= 11 is 2.40. The van der Waals surface area contributed by atoms with Crippen LogP contribution in [0.4, 0.5) is 5.69 Å². The molecule has 0 heterocycles. The zero-order chi connectivity index (χ0) is 12.0. The molecule has 0 saturated heterocycles. The van der Waals surface area contributed by atoms with Gasteiger partial charge >= 0.3 is 0 Å². The summed E-state index contributed by atoms with van der Waals surface area (Å²) in [5.74, 6) is 0. The fraction of sp³-hybridized carbons (Fsp3) is 0.571. The fourth-order valence-electron chi connectivity index (χ4n) is 1.75. The van der Waals surface area contributed by atoms with E-state index in [4.69, 9.17) is 0 Å². The smallest absolute Gasteiger partial charge is 0.0353 e. The third kappa shape index (κ3) is 4.32. The second kappa shape index (κ2) is 7.15. The lowest BCUT2D eigenvalue weighted by Crippen LogP contribution is -2.18. The number of hydrogen-bond donors (Lipinski definition) is 1. The van der Waals surface area contributed by atoms with Crippen molar-refractivity contribution in [1.82, 2.24) is 0 Å². The summed E-state index contributed by atoms with van der Waals surface area (Å²) < 4.78 is 1.34. The highest BCUT2D eigenvalue weighted by Gasteiger charge is 2.05. The SMILES string of the molecule is CCCCC(CC)Nc1ccc(C)c(I)c1. The van der Waals surface area contributed by atoms with Gasteiger partial charge in [-0.05, 0) is 60.1 Å². The maximum Gasteiger partial charge on any atom is 0.0353 e. The van der Waals surface area contributed by atoms with Crippen LogP contribution in [0.3, 0.4) is 0 Å². The fourth-order valence-corrected chi connectivity index (χ4v) is 2.26. The molecule has 90 valence electrons. The van der Waals surface area contributed by atoms with E-state index in [1.54, 1.807) is 0 Å². The van der Waals surface area contributed by atoms with Crippen LogP contribution in [0.5, 0.6) is 0 Å². The molecule has 0 radical (unpaired) electrons. The van der Waals surface area contributed by atoms with E-state index in [-0.39, 0.29) is 0 Å². The Morgan fingerprint density at radius 3 is 2.62 bits per heavy atom. The Labute approximate surface area is 113 Å². The largest absolute Gasteiger partial charge is 0.382 e. The Bertz CT molecular complexity index is 323. The van der Waals surface area contributed by atoms with Crippen LogP contribution in [0.2, 0.25) is 0 Å². The predicted molar refractivity (Wildman–Crippen MR) is 81.1 cm³/mol. The molecule has 1 rings (SSSR count). The van der Waals surface area contributed by atoms with Crippen molar-refractivity contribution in [3.63, 3.8) is 0 Å². The van der Waals surface area contributed by atoms with Crippen LogP contribution in [0, 0.1) is 10.5 Å². The zero-order valence-electron chi connectivity index (χ0n) is 10.5. The second-order valence-corrected chi connectivity index (χ2v) is 5.52. The Balaban J connectivity index is 2.59. The molecular weight excluding hydrogens is 309 g/mol. The summed E-state index contributed by atoms with van der Waals surface area (Å²) in [7, 11) is 0. The summed E-state index contributed by atoms with van der Waals surface area (Å²) in [5.41, 5.74) is 2.62. The predicted octanol–water partition coefficient (Wildman–Crippen LogP) is 4.98. The van der Waals surface area contributed by atoms with Crippen LogP contribution >= 0.6 is 22.6 Å². The molecular formula is C14H22IN. The van der Waals surface area contributed by atoms with Crippen LogP contribution in [-0.2, 0) is 0 Å². The van der Waals surface area contributed by atoms with Gasteiger partial charge in [-0.15, -0.1) is 0 Å². The van der Waals surface area contributed by atoms with E-state index in [2.05, 4.69) is 66.9 Å². The molecule has 1 N–H and O–H groups in total. The zero-order valence-corrected chi connectivity index (χ0v) is 12.7. The maximum atomic E-state index is 3.63. The number of aryl methyl sites for hydroxylation is 1. The van der Waals surface area contributed by atoms with Crippen LogP contribution in [0.1, 0.15) is 45.1 Å². The van der Waals surface area contributed by atoms with E-state index < -0.39 is 0 Å². The number of halogens is 1. The molecule has 1 aromatic carbocycles. The highest BCUT2D eigenvalue weighted by molar-refractivity contribution is 14.1. The van der Waals surface area contributed by atoms with Gasteiger partial charge in [0, 0.05) is 15.3 Å². The summed E-state index contributed by atoms with van der Waals surface area (Å²) in [6.45, 7) is 6.66. The molecule has 16 heavy (non-hydrogen) atoms. The molecule has 0 aliphatic carbocycles. The average molecular weight is 331 g/mol. The molecule has 1 aromatic rings. The molecule has 0 aliphatic rings. The average Bonchev–Trinajstić information content (AvgIpc) is 2.29. The quantitative estimate of drug-likeness (QED) is 0.725. The molecule has 1 nitrogen and oxygen atoms in total. The molecule has 0 bridgehead atoms. The number of rotatable bonds is 6.